The first-order chi connectivity index (χ1) is 8.63. The van der Waals surface area contributed by atoms with Crippen LogP contribution in [0.1, 0.15) is 25.5 Å². The zero-order valence-corrected chi connectivity index (χ0v) is 10.9. The van der Waals surface area contributed by atoms with Crippen LogP contribution in [0.2, 0.25) is 0 Å². The molecule has 0 unspecified atom stereocenters. The maximum Gasteiger partial charge on any atom is 0.344 e. The third-order valence-corrected chi connectivity index (χ3v) is 3.43. The zero-order valence-electron chi connectivity index (χ0n) is 10.1. The van der Waals surface area contributed by atoms with E-state index in [1.165, 1.54) is 11.8 Å². The number of nitrogens with zero attached hydrogens (tertiary/aromatic N) is 3. The molecule has 2 N–H and O–H groups in total. The molecule has 7 heteroatoms. The lowest BCUT2D eigenvalue weighted by Gasteiger charge is -2.09. The van der Waals surface area contributed by atoms with Gasteiger partial charge in [-0.1, -0.05) is 6.07 Å². The number of hydrogen-bond acceptors (Lipinski definition) is 5. The monoisotopic (exact) mass is 266 g/mol. The number of rotatable bonds is 4. The van der Waals surface area contributed by atoms with Gasteiger partial charge in [-0.25, -0.2) is 14.9 Å². The van der Waals surface area contributed by atoms with E-state index in [-0.39, 0.29) is 18.3 Å². The van der Waals surface area contributed by atoms with Gasteiger partial charge in [-0.15, -0.1) is 5.10 Å². The highest BCUT2D eigenvalue weighted by atomic mass is 32.2. The number of aliphatic hydroxyl groups is 1. The van der Waals surface area contributed by atoms with E-state index in [0.717, 1.165) is 0 Å². The molecular formula is C11H14N4O2S. The molecular weight excluding hydrogens is 252 g/mol. The van der Waals surface area contributed by atoms with E-state index >= 15 is 0 Å². The molecule has 0 bridgehead atoms. The summed E-state index contributed by atoms with van der Waals surface area (Å²) >= 11 is 1.26. The van der Waals surface area contributed by atoms with E-state index in [4.69, 9.17) is 0 Å². The summed E-state index contributed by atoms with van der Waals surface area (Å²) in [5, 5.41) is 16.8. The molecule has 0 aliphatic carbocycles. The molecule has 0 saturated carbocycles. The molecule has 6 nitrogen and oxygen atoms in total. The summed E-state index contributed by atoms with van der Waals surface area (Å²) in [6.07, 6.45) is 1.64. The number of H-pyrrole nitrogens is 1. The molecule has 0 radical (unpaired) electrons. The number of aromatic amines is 1. The molecule has 0 saturated heterocycles. The van der Waals surface area contributed by atoms with Crippen molar-refractivity contribution in [2.75, 3.05) is 0 Å². The molecule has 0 aromatic carbocycles. The van der Waals surface area contributed by atoms with Crippen molar-refractivity contribution in [1.29, 1.82) is 0 Å². The van der Waals surface area contributed by atoms with E-state index in [2.05, 4.69) is 15.2 Å². The summed E-state index contributed by atoms with van der Waals surface area (Å²) in [6, 6.07) is 3.57. The molecule has 0 aliphatic rings. The van der Waals surface area contributed by atoms with Crippen LogP contribution in [0.15, 0.2) is 33.3 Å². The van der Waals surface area contributed by atoms with Gasteiger partial charge in [-0.2, -0.15) is 0 Å². The van der Waals surface area contributed by atoms with Gasteiger partial charge in [0.25, 0.3) is 0 Å². The zero-order chi connectivity index (χ0) is 13.1. The molecule has 0 spiro atoms. The molecule has 0 fully saturated rings. The highest BCUT2D eigenvalue weighted by Crippen LogP contribution is 2.27. The average Bonchev–Trinajstić information content (AvgIpc) is 2.71. The van der Waals surface area contributed by atoms with Crippen LogP contribution in [-0.2, 0) is 6.61 Å². The van der Waals surface area contributed by atoms with Crippen LogP contribution in [0, 0.1) is 0 Å². The average molecular weight is 266 g/mol. The number of nitrogens with one attached hydrogen (secondary N) is 1. The molecule has 2 heterocycles. The molecule has 2 aromatic heterocycles. The summed E-state index contributed by atoms with van der Waals surface area (Å²) in [7, 11) is 0. The van der Waals surface area contributed by atoms with Crippen molar-refractivity contribution in [3.05, 3.63) is 34.4 Å². The van der Waals surface area contributed by atoms with Gasteiger partial charge in [0.2, 0.25) is 0 Å². The lowest BCUT2D eigenvalue weighted by atomic mass is 10.3. The predicted molar refractivity (Wildman–Crippen MR) is 67.5 cm³/mol. The van der Waals surface area contributed by atoms with Crippen molar-refractivity contribution in [3.63, 3.8) is 0 Å². The van der Waals surface area contributed by atoms with Gasteiger partial charge in [0, 0.05) is 17.8 Å². The maximum absolute atomic E-state index is 11.6. The standard InChI is InChI=1S/C11H14N4O2S/c1-7(2)15-10(17)13-14-11(15)18-9-8(6-16)4-3-5-12-9/h3-5,7,16H,6H2,1-2H3,(H,13,17). The van der Waals surface area contributed by atoms with Crippen molar-refractivity contribution in [3.8, 4) is 0 Å². The Hall–Kier alpha value is -1.60. The fraction of sp³-hybridized carbons (Fsp3) is 0.364. The van der Waals surface area contributed by atoms with E-state index in [0.29, 0.717) is 15.7 Å². The molecule has 0 atom stereocenters. The van der Waals surface area contributed by atoms with Crippen LogP contribution < -0.4 is 5.69 Å². The summed E-state index contributed by atoms with van der Waals surface area (Å²) < 4.78 is 1.56. The van der Waals surface area contributed by atoms with Crippen LogP contribution in [-0.4, -0.2) is 24.9 Å². The first-order valence-electron chi connectivity index (χ1n) is 5.53. The predicted octanol–water partition coefficient (Wildman–Crippen LogP) is 1.19. The maximum atomic E-state index is 11.6. The Morgan fingerprint density at radius 3 is 3.00 bits per heavy atom. The topological polar surface area (TPSA) is 83.8 Å². The van der Waals surface area contributed by atoms with E-state index in [9.17, 15) is 9.90 Å². The van der Waals surface area contributed by atoms with Crippen LogP contribution >= 0.6 is 11.8 Å². The fourth-order valence-electron chi connectivity index (χ4n) is 1.54. The molecule has 96 valence electrons. The van der Waals surface area contributed by atoms with Gasteiger partial charge in [-0.05, 0) is 31.7 Å². The summed E-state index contributed by atoms with van der Waals surface area (Å²) in [5.41, 5.74) is 0.474. The highest BCUT2D eigenvalue weighted by Gasteiger charge is 2.14. The van der Waals surface area contributed by atoms with Crippen molar-refractivity contribution >= 4 is 11.8 Å². The Morgan fingerprint density at radius 1 is 1.56 bits per heavy atom. The van der Waals surface area contributed by atoms with Crippen LogP contribution in [0.25, 0.3) is 0 Å². The van der Waals surface area contributed by atoms with Gasteiger partial charge in [-0.3, -0.25) is 4.57 Å². The summed E-state index contributed by atoms with van der Waals surface area (Å²) in [6.45, 7) is 3.73. The Balaban J connectivity index is 2.37. The summed E-state index contributed by atoms with van der Waals surface area (Å²) in [4.78, 5) is 15.8. The van der Waals surface area contributed by atoms with Crippen molar-refractivity contribution < 1.29 is 5.11 Å². The Labute approximate surface area is 108 Å². The second kappa shape index (κ2) is 5.36. The van der Waals surface area contributed by atoms with Crippen molar-refractivity contribution in [1.82, 2.24) is 19.7 Å². The summed E-state index contributed by atoms with van der Waals surface area (Å²) in [5.74, 6) is 0. The minimum Gasteiger partial charge on any atom is -0.392 e. The van der Waals surface area contributed by atoms with Gasteiger partial charge in [0.1, 0.15) is 5.03 Å². The number of aromatic nitrogens is 4. The Kier molecular flexibility index (Phi) is 3.83. The Bertz CT molecular complexity index is 591. The van der Waals surface area contributed by atoms with Gasteiger partial charge in [0.15, 0.2) is 5.16 Å². The molecule has 0 amide bonds. The Morgan fingerprint density at radius 2 is 2.33 bits per heavy atom. The van der Waals surface area contributed by atoms with E-state index in [1.807, 2.05) is 13.8 Å². The third kappa shape index (κ3) is 2.46. The van der Waals surface area contributed by atoms with Crippen LogP contribution in [0.3, 0.4) is 0 Å². The minimum atomic E-state index is -0.242. The van der Waals surface area contributed by atoms with Gasteiger partial charge in [0.05, 0.1) is 6.61 Å². The number of aliphatic hydroxyl groups excluding tert-OH is 1. The third-order valence-electron chi connectivity index (χ3n) is 2.40. The van der Waals surface area contributed by atoms with Crippen LogP contribution in [0.4, 0.5) is 0 Å². The van der Waals surface area contributed by atoms with Gasteiger partial charge >= 0.3 is 5.69 Å². The normalized spacial score (nSPS) is 11.1. The van der Waals surface area contributed by atoms with Gasteiger partial charge < -0.3 is 5.11 Å². The highest BCUT2D eigenvalue weighted by molar-refractivity contribution is 7.99. The fourth-order valence-corrected chi connectivity index (χ4v) is 2.57. The smallest absolute Gasteiger partial charge is 0.344 e. The van der Waals surface area contributed by atoms with Crippen molar-refractivity contribution in [2.45, 2.75) is 36.7 Å². The largest absolute Gasteiger partial charge is 0.392 e. The molecule has 2 aromatic rings. The van der Waals surface area contributed by atoms with E-state index in [1.54, 1.807) is 22.9 Å². The second-order valence-corrected chi connectivity index (χ2v) is 4.96. The number of hydrogen-bond donors (Lipinski definition) is 2. The SMILES string of the molecule is CC(C)n1c(Sc2ncccc2CO)n[nH]c1=O. The molecule has 2 rings (SSSR count). The molecule has 18 heavy (non-hydrogen) atoms. The minimum absolute atomic E-state index is 0.0139. The second-order valence-electron chi connectivity index (χ2n) is 4.00. The quantitative estimate of drug-likeness (QED) is 0.868. The molecule has 0 aliphatic heterocycles. The van der Waals surface area contributed by atoms with Crippen LogP contribution in [0.5, 0.6) is 0 Å². The number of pyridine rings is 1. The lowest BCUT2D eigenvalue weighted by molar-refractivity contribution is 0.278. The van der Waals surface area contributed by atoms with Crippen molar-refractivity contribution in [2.24, 2.45) is 0 Å². The first kappa shape index (κ1) is 12.8. The van der Waals surface area contributed by atoms with E-state index < -0.39 is 0 Å². The lowest BCUT2D eigenvalue weighted by Crippen LogP contribution is -2.19. The first-order valence-corrected chi connectivity index (χ1v) is 6.34.